The molecule has 138 valence electrons. The van der Waals surface area contributed by atoms with Gasteiger partial charge in [0.15, 0.2) is 0 Å². The van der Waals surface area contributed by atoms with Crippen molar-refractivity contribution in [1.29, 1.82) is 0 Å². The molecule has 1 heterocycles. The molecule has 0 radical (unpaired) electrons. The number of halogens is 1. The summed E-state index contributed by atoms with van der Waals surface area (Å²) in [7, 11) is 5.38. The third-order valence-electron chi connectivity index (χ3n) is 3.60. The Morgan fingerprint density at radius 2 is 1.58 bits per heavy atom. The van der Waals surface area contributed by atoms with Crippen molar-refractivity contribution in [2.45, 2.75) is 0 Å². The highest BCUT2D eigenvalue weighted by atomic mass is 35.5. The number of methoxy groups -OCH3 is 4. The zero-order valence-corrected chi connectivity index (χ0v) is 15.5. The van der Waals surface area contributed by atoms with E-state index in [1.807, 2.05) is 0 Å². The number of ether oxygens (including phenoxy) is 4. The Hall–Kier alpha value is -2.93. The average Bonchev–Trinajstić information content (AvgIpc) is 2.89. The van der Waals surface area contributed by atoms with Crippen LogP contribution in [0.4, 0.5) is 5.69 Å². The van der Waals surface area contributed by atoms with Gasteiger partial charge in [-0.05, 0) is 12.2 Å². The number of nitrogens with zero attached hydrogens (tertiary/aromatic N) is 1. The molecule has 0 atom stereocenters. The van der Waals surface area contributed by atoms with Gasteiger partial charge < -0.3 is 23.8 Å². The van der Waals surface area contributed by atoms with Gasteiger partial charge in [0.25, 0.3) is 0 Å². The summed E-state index contributed by atoms with van der Waals surface area (Å²) in [5, 5.41) is 0.335. The van der Waals surface area contributed by atoms with Crippen LogP contribution in [-0.4, -0.2) is 40.4 Å². The van der Waals surface area contributed by atoms with Gasteiger partial charge in [-0.2, -0.15) is 0 Å². The van der Waals surface area contributed by atoms with Crippen molar-refractivity contribution in [3.63, 3.8) is 0 Å². The second kappa shape index (κ2) is 8.44. The van der Waals surface area contributed by atoms with Crippen molar-refractivity contribution >= 4 is 29.2 Å². The minimum atomic E-state index is -0.724. The van der Waals surface area contributed by atoms with Gasteiger partial charge in [0, 0.05) is 18.3 Å². The number of carbonyl (C=O) groups is 2. The summed E-state index contributed by atoms with van der Waals surface area (Å²) in [4.78, 5) is 26.1. The maximum absolute atomic E-state index is 12.5. The topological polar surface area (TPSA) is 74.3 Å². The molecule has 1 aliphatic rings. The first-order valence-electron chi connectivity index (χ1n) is 7.45. The van der Waals surface area contributed by atoms with Crippen molar-refractivity contribution in [3.8, 4) is 11.5 Å². The van der Waals surface area contributed by atoms with E-state index in [1.165, 1.54) is 39.4 Å². The Morgan fingerprint density at radius 3 is 2.15 bits per heavy atom. The Bertz CT molecular complexity index is 812. The second-order valence-electron chi connectivity index (χ2n) is 4.97. The quantitative estimate of drug-likeness (QED) is 0.728. The van der Waals surface area contributed by atoms with Crippen molar-refractivity contribution in [2.75, 3.05) is 33.3 Å². The molecule has 0 N–H and O–H groups in total. The van der Waals surface area contributed by atoms with Crippen molar-refractivity contribution in [1.82, 2.24) is 0 Å². The maximum atomic E-state index is 12.5. The van der Waals surface area contributed by atoms with E-state index in [4.69, 9.17) is 30.5 Å². The first kappa shape index (κ1) is 19.4. The highest BCUT2D eigenvalue weighted by Gasteiger charge is 2.29. The Labute approximate surface area is 156 Å². The van der Waals surface area contributed by atoms with E-state index in [9.17, 15) is 9.59 Å². The lowest BCUT2D eigenvalue weighted by atomic mass is 10.1. The number of anilines is 1. The van der Waals surface area contributed by atoms with Crippen LogP contribution in [0.25, 0.3) is 0 Å². The standard InChI is InChI=1S/C18H18ClNO6/c1-23-14-10-13(15(24-2)9-12(14)19)20-8-6-5-7-11(17(21)25-3)16(20)18(22)26-4/h5-10H,1-4H3. The molecule has 0 fully saturated rings. The summed E-state index contributed by atoms with van der Waals surface area (Å²) in [5.74, 6) is -0.669. The predicted octanol–water partition coefficient (Wildman–Crippen LogP) is 2.85. The maximum Gasteiger partial charge on any atom is 0.355 e. The molecular weight excluding hydrogens is 362 g/mol. The van der Waals surface area contributed by atoms with Crippen LogP contribution < -0.4 is 14.4 Å². The van der Waals surface area contributed by atoms with Gasteiger partial charge in [-0.25, -0.2) is 9.59 Å². The molecule has 0 amide bonds. The number of rotatable bonds is 5. The summed E-state index contributed by atoms with van der Waals surface area (Å²) in [6.07, 6.45) is 6.31. The minimum absolute atomic E-state index is 0.0281. The van der Waals surface area contributed by atoms with Crippen molar-refractivity contribution in [3.05, 3.63) is 52.9 Å². The monoisotopic (exact) mass is 379 g/mol. The molecule has 8 heteroatoms. The molecule has 0 saturated carbocycles. The highest BCUT2D eigenvalue weighted by Crippen LogP contribution is 2.40. The third-order valence-corrected chi connectivity index (χ3v) is 3.90. The van der Waals surface area contributed by atoms with Gasteiger partial charge >= 0.3 is 11.9 Å². The van der Waals surface area contributed by atoms with E-state index >= 15 is 0 Å². The van der Waals surface area contributed by atoms with Crippen LogP contribution in [0.5, 0.6) is 11.5 Å². The first-order chi connectivity index (χ1) is 12.5. The number of allylic oxidation sites excluding steroid dienone is 2. The Balaban J connectivity index is 2.77. The van der Waals surface area contributed by atoms with Gasteiger partial charge in [-0.15, -0.1) is 0 Å². The van der Waals surface area contributed by atoms with Crippen LogP contribution in [0.3, 0.4) is 0 Å². The molecule has 1 aromatic rings. The average molecular weight is 380 g/mol. The molecule has 1 aliphatic heterocycles. The summed E-state index contributed by atoms with van der Waals surface area (Å²) in [6, 6.07) is 3.14. The van der Waals surface area contributed by atoms with Crippen LogP contribution in [-0.2, 0) is 19.1 Å². The van der Waals surface area contributed by atoms with E-state index in [0.717, 1.165) is 0 Å². The molecule has 0 spiro atoms. The molecule has 7 nitrogen and oxygen atoms in total. The van der Waals surface area contributed by atoms with Crippen LogP contribution in [0.15, 0.2) is 47.8 Å². The van der Waals surface area contributed by atoms with Crippen molar-refractivity contribution in [2.24, 2.45) is 0 Å². The van der Waals surface area contributed by atoms with Gasteiger partial charge in [0.1, 0.15) is 17.2 Å². The number of hydrogen-bond acceptors (Lipinski definition) is 7. The molecule has 0 aromatic heterocycles. The number of esters is 2. The zero-order valence-electron chi connectivity index (χ0n) is 14.7. The minimum Gasteiger partial charge on any atom is -0.495 e. The largest absolute Gasteiger partial charge is 0.495 e. The summed E-state index contributed by atoms with van der Waals surface area (Å²) in [6.45, 7) is 0. The zero-order chi connectivity index (χ0) is 19.3. The molecule has 2 rings (SSSR count). The van der Waals surface area contributed by atoms with E-state index in [2.05, 4.69) is 0 Å². The van der Waals surface area contributed by atoms with Gasteiger partial charge in [-0.3, -0.25) is 0 Å². The molecule has 0 saturated heterocycles. The van der Waals surface area contributed by atoms with Crippen LogP contribution in [0.2, 0.25) is 5.02 Å². The van der Waals surface area contributed by atoms with Crippen LogP contribution in [0.1, 0.15) is 0 Å². The van der Waals surface area contributed by atoms with Gasteiger partial charge in [0.2, 0.25) is 0 Å². The first-order valence-corrected chi connectivity index (χ1v) is 7.82. The molecule has 1 aromatic carbocycles. The fraction of sp³-hybridized carbons (Fsp3) is 0.222. The van der Waals surface area contributed by atoms with E-state index < -0.39 is 11.9 Å². The van der Waals surface area contributed by atoms with Gasteiger partial charge in [0.05, 0.1) is 44.7 Å². The van der Waals surface area contributed by atoms with Gasteiger partial charge in [-0.1, -0.05) is 17.7 Å². The molecule has 0 unspecified atom stereocenters. The smallest absolute Gasteiger partial charge is 0.355 e. The van der Waals surface area contributed by atoms with Crippen LogP contribution >= 0.6 is 11.6 Å². The fourth-order valence-electron chi connectivity index (χ4n) is 2.38. The Kier molecular flexibility index (Phi) is 6.30. The predicted molar refractivity (Wildman–Crippen MR) is 96.4 cm³/mol. The number of benzene rings is 1. The van der Waals surface area contributed by atoms with Crippen LogP contribution in [0, 0.1) is 0 Å². The lowest BCUT2D eigenvalue weighted by molar-refractivity contribution is -0.139. The lowest BCUT2D eigenvalue weighted by Gasteiger charge is -2.25. The Morgan fingerprint density at radius 1 is 0.923 bits per heavy atom. The highest BCUT2D eigenvalue weighted by molar-refractivity contribution is 6.32. The molecule has 26 heavy (non-hydrogen) atoms. The fourth-order valence-corrected chi connectivity index (χ4v) is 2.61. The van der Waals surface area contributed by atoms with E-state index in [0.29, 0.717) is 22.2 Å². The van der Waals surface area contributed by atoms with E-state index in [-0.39, 0.29) is 11.3 Å². The number of hydrogen-bond donors (Lipinski definition) is 0. The molecule has 0 aliphatic carbocycles. The van der Waals surface area contributed by atoms with Crippen molar-refractivity contribution < 1.29 is 28.5 Å². The molecular formula is C18H18ClNO6. The summed E-state index contributed by atoms with van der Waals surface area (Å²) in [5.41, 5.74) is 0.419. The summed E-state index contributed by atoms with van der Waals surface area (Å²) < 4.78 is 20.3. The third kappa shape index (κ3) is 3.67. The SMILES string of the molecule is COC(=O)C1=C(C(=O)OC)N(c2cc(OC)c(Cl)cc2OC)C=CC=C1. The lowest BCUT2D eigenvalue weighted by Crippen LogP contribution is -2.27. The van der Waals surface area contributed by atoms with E-state index in [1.54, 1.807) is 30.5 Å². The normalized spacial score (nSPS) is 13.3. The summed E-state index contributed by atoms with van der Waals surface area (Å²) >= 11 is 6.15. The second-order valence-corrected chi connectivity index (χ2v) is 5.38. The number of carbonyl (C=O) groups excluding carboxylic acids is 2. The molecule has 0 bridgehead atoms.